The molecule has 0 saturated carbocycles. The first-order valence-electron chi connectivity index (χ1n) is 4.11. The summed E-state index contributed by atoms with van der Waals surface area (Å²) in [6.45, 7) is 0. The number of benzene rings is 1. The Hall–Kier alpha value is -1.31. The number of hydrogen-bond donors (Lipinski definition) is 0. The Labute approximate surface area is 100 Å². The Kier molecular flexibility index (Phi) is 2.76. The van der Waals surface area contributed by atoms with E-state index in [1.807, 2.05) is 0 Å². The van der Waals surface area contributed by atoms with Gasteiger partial charge in [0.25, 0.3) is 0 Å². The third-order valence-electron chi connectivity index (χ3n) is 1.90. The van der Waals surface area contributed by atoms with Gasteiger partial charge < -0.3 is 0 Å². The predicted molar refractivity (Wildman–Crippen MR) is 61.0 cm³/mol. The number of halogens is 2. The van der Waals surface area contributed by atoms with Crippen molar-refractivity contribution < 1.29 is 0 Å². The second-order valence-electron chi connectivity index (χ2n) is 2.85. The number of nitriles is 1. The minimum atomic E-state index is 0.426. The van der Waals surface area contributed by atoms with E-state index >= 15 is 0 Å². The molecule has 0 amide bonds. The van der Waals surface area contributed by atoms with Gasteiger partial charge in [0.05, 0.1) is 26.9 Å². The molecule has 0 aliphatic carbocycles. The first-order valence-corrected chi connectivity index (χ1v) is 5.28. The van der Waals surface area contributed by atoms with Gasteiger partial charge >= 0.3 is 0 Å². The van der Waals surface area contributed by atoms with Crippen LogP contribution in [-0.2, 0) is 0 Å². The van der Waals surface area contributed by atoms with Crippen LogP contribution in [0.1, 0.15) is 5.56 Å². The van der Waals surface area contributed by atoms with Crippen LogP contribution in [0.5, 0.6) is 0 Å². The summed E-state index contributed by atoms with van der Waals surface area (Å²) in [7, 11) is 0. The van der Waals surface area contributed by atoms with Gasteiger partial charge in [-0.3, -0.25) is 0 Å². The van der Waals surface area contributed by atoms with E-state index in [9.17, 15) is 0 Å². The number of nitrogens with zero attached hydrogens (tertiary/aromatic N) is 3. The van der Waals surface area contributed by atoms with Gasteiger partial charge in [0.2, 0.25) is 0 Å². The summed E-state index contributed by atoms with van der Waals surface area (Å²) in [4.78, 5) is 0. The highest BCUT2D eigenvalue weighted by Gasteiger charge is 2.08. The Morgan fingerprint density at radius 1 is 1.47 bits per heavy atom. The van der Waals surface area contributed by atoms with E-state index in [-0.39, 0.29) is 0 Å². The second-order valence-corrected chi connectivity index (χ2v) is 4.17. The fraction of sp³-hybridized carbons (Fsp3) is 0. The average molecular weight is 283 g/mol. The van der Waals surface area contributed by atoms with Gasteiger partial charge in [-0.2, -0.15) is 10.4 Å². The van der Waals surface area contributed by atoms with E-state index in [4.69, 9.17) is 16.9 Å². The number of aromatic nitrogens is 2. The zero-order chi connectivity index (χ0) is 10.8. The van der Waals surface area contributed by atoms with Crippen molar-refractivity contribution in [2.45, 2.75) is 0 Å². The highest BCUT2D eigenvalue weighted by molar-refractivity contribution is 9.10. The summed E-state index contributed by atoms with van der Waals surface area (Å²) >= 11 is 9.21. The molecule has 0 fully saturated rings. The molecule has 5 heteroatoms. The second kappa shape index (κ2) is 4.05. The van der Waals surface area contributed by atoms with Crippen molar-refractivity contribution in [3.05, 3.63) is 45.7 Å². The van der Waals surface area contributed by atoms with Crippen molar-refractivity contribution in [3.63, 3.8) is 0 Å². The van der Waals surface area contributed by atoms with E-state index in [1.54, 1.807) is 35.3 Å². The lowest BCUT2D eigenvalue weighted by molar-refractivity contribution is 0.877. The molecule has 0 unspecified atom stereocenters. The summed E-state index contributed by atoms with van der Waals surface area (Å²) in [6.07, 6.45) is 3.43. The molecule has 15 heavy (non-hydrogen) atoms. The highest BCUT2D eigenvalue weighted by Crippen LogP contribution is 2.22. The summed E-state index contributed by atoms with van der Waals surface area (Å²) in [5, 5.41) is 13.5. The lowest BCUT2D eigenvalue weighted by atomic mass is 10.2. The SMILES string of the molecule is N#Cc1c(Cl)cccc1-n1cc(Br)cn1. The van der Waals surface area contributed by atoms with E-state index in [2.05, 4.69) is 27.1 Å². The first kappa shape index (κ1) is 10.2. The Balaban J connectivity index is 2.63. The number of rotatable bonds is 1. The van der Waals surface area contributed by atoms with Gasteiger partial charge in [0, 0.05) is 6.20 Å². The zero-order valence-corrected chi connectivity index (χ0v) is 9.83. The van der Waals surface area contributed by atoms with Crippen LogP contribution in [0, 0.1) is 11.3 Å². The maximum absolute atomic E-state index is 8.98. The molecule has 0 spiro atoms. The van der Waals surface area contributed by atoms with Crippen LogP contribution in [0.2, 0.25) is 5.02 Å². The lowest BCUT2D eigenvalue weighted by Gasteiger charge is -2.04. The van der Waals surface area contributed by atoms with Gasteiger partial charge in [-0.05, 0) is 28.1 Å². The standard InChI is InChI=1S/C10H5BrClN3/c11-7-5-14-15(6-7)10-3-1-2-9(12)8(10)4-13/h1-3,5-6H. The maximum Gasteiger partial charge on any atom is 0.103 e. The van der Waals surface area contributed by atoms with E-state index < -0.39 is 0 Å². The van der Waals surface area contributed by atoms with Gasteiger partial charge in [-0.25, -0.2) is 4.68 Å². The van der Waals surface area contributed by atoms with E-state index in [0.717, 1.165) is 4.47 Å². The molecule has 1 aromatic heterocycles. The molecular weight excluding hydrogens is 277 g/mol. The number of hydrogen-bond acceptors (Lipinski definition) is 2. The topological polar surface area (TPSA) is 41.6 Å². The molecule has 3 nitrogen and oxygen atoms in total. The van der Waals surface area contributed by atoms with Crippen LogP contribution >= 0.6 is 27.5 Å². The van der Waals surface area contributed by atoms with Crippen LogP contribution in [0.4, 0.5) is 0 Å². The molecular formula is C10H5BrClN3. The minimum Gasteiger partial charge on any atom is -0.238 e. The van der Waals surface area contributed by atoms with Gasteiger partial charge in [0.1, 0.15) is 6.07 Å². The summed E-state index contributed by atoms with van der Waals surface area (Å²) in [5.74, 6) is 0. The molecule has 2 aromatic rings. The van der Waals surface area contributed by atoms with Crippen molar-refractivity contribution in [2.24, 2.45) is 0 Å². The van der Waals surface area contributed by atoms with Crippen LogP contribution in [-0.4, -0.2) is 9.78 Å². The van der Waals surface area contributed by atoms with Crippen molar-refractivity contribution in [1.82, 2.24) is 9.78 Å². The fourth-order valence-electron chi connectivity index (χ4n) is 1.25. The largest absolute Gasteiger partial charge is 0.238 e. The maximum atomic E-state index is 8.98. The van der Waals surface area contributed by atoms with Crippen LogP contribution in [0.15, 0.2) is 35.1 Å². The average Bonchev–Trinajstić information content (AvgIpc) is 2.64. The summed E-state index contributed by atoms with van der Waals surface area (Å²) in [6, 6.07) is 7.33. The van der Waals surface area contributed by atoms with E-state index in [0.29, 0.717) is 16.3 Å². The zero-order valence-electron chi connectivity index (χ0n) is 7.48. The molecule has 0 saturated heterocycles. The first-order chi connectivity index (χ1) is 7.22. The lowest BCUT2D eigenvalue weighted by Crippen LogP contribution is -1.97. The fourth-order valence-corrected chi connectivity index (χ4v) is 1.74. The Morgan fingerprint density at radius 3 is 2.87 bits per heavy atom. The molecule has 2 rings (SSSR count). The van der Waals surface area contributed by atoms with E-state index in [1.165, 1.54) is 0 Å². The smallest absolute Gasteiger partial charge is 0.103 e. The van der Waals surface area contributed by atoms with Crippen LogP contribution in [0.25, 0.3) is 5.69 Å². The quantitative estimate of drug-likeness (QED) is 0.806. The monoisotopic (exact) mass is 281 g/mol. The minimum absolute atomic E-state index is 0.426. The molecule has 0 aliphatic rings. The Morgan fingerprint density at radius 2 is 2.27 bits per heavy atom. The molecule has 0 N–H and O–H groups in total. The highest BCUT2D eigenvalue weighted by atomic mass is 79.9. The molecule has 0 aliphatic heterocycles. The molecule has 74 valence electrons. The summed E-state index contributed by atoms with van der Waals surface area (Å²) in [5.41, 5.74) is 1.10. The van der Waals surface area contributed by atoms with Gasteiger partial charge in [-0.15, -0.1) is 0 Å². The van der Waals surface area contributed by atoms with Crippen molar-refractivity contribution >= 4 is 27.5 Å². The normalized spacial score (nSPS) is 9.93. The molecule has 0 bridgehead atoms. The molecule has 1 aromatic carbocycles. The van der Waals surface area contributed by atoms with Crippen molar-refractivity contribution in [1.29, 1.82) is 5.26 Å². The third-order valence-corrected chi connectivity index (χ3v) is 2.63. The van der Waals surface area contributed by atoms with Crippen LogP contribution in [0.3, 0.4) is 0 Å². The summed E-state index contributed by atoms with van der Waals surface area (Å²) < 4.78 is 2.46. The van der Waals surface area contributed by atoms with Gasteiger partial charge in [0.15, 0.2) is 0 Å². The van der Waals surface area contributed by atoms with Gasteiger partial charge in [-0.1, -0.05) is 17.7 Å². The van der Waals surface area contributed by atoms with Crippen molar-refractivity contribution in [2.75, 3.05) is 0 Å². The predicted octanol–water partition coefficient (Wildman–Crippen LogP) is 3.16. The molecule has 1 heterocycles. The van der Waals surface area contributed by atoms with Crippen molar-refractivity contribution in [3.8, 4) is 11.8 Å². The third kappa shape index (κ3) is 1.89. The molecule has 0 atom stereocenters. The molecule has 0 radical (unpaired) electrons. The Bertz CT molecular complexity index is 542. The van der Waals surface area contributed by atoms with Crippen LogP contribution < -0.4 is 0 Å².